The van der Waals surface area contributed by atoms with E-state index < -0.39 is 0 Å². The van der Waals surface area contributed by atoms with Crippen LogP contribution in [0.3, 0.4) is 0 Å². The second-order valence-corrected chi connectivity index (χ2v) is 7.16. The predicted octanol–water partition coefficient (Wildman–Crippen LogP) is 5.29. The highest BCUT2D eigenvalue weighted by Crippen LogP contribution is 2.34. The summed E-state index contributed by atoms with van der Waals surface area (Å²) in [4.78, 5) is 11.6. The van der Waals surface area contributed by atoms with Gasteiger partial charge in [0.15, 0.2) is 0 Å². The molecule has 1 aromatic heterocycles. The molecule has 1 N–H and O–H groups in total. The summed E-state index contributed by atoms with van der Waals surface area (Å²) in [6.07, 6.45) is 1.05. The lowest BCUT2D eigenvalue weighted by molar-refractivity contribution is 0.959. The fourth-order valence-corrected chi connectivity index (χ4v) is 3.50. The number of hydrogen-bond donors (Lipinski definition) is 1. The summed E-state index contributed by atoms with van der Waals surface area (Å²) in [6.45, 7) is 5.02. The van der Waals surface area contributed by atoms with Gasteiger partial charge < -0.3 is 10.2 Å². The van der Waals surface area contributed by atoms with E-state index in [0.29, 0.717) is 5.95 Å². The van der Waals surface area contributed by atoms with Crippen LogP contribution < -0.4 is 10.2 Å². The normalized spacial score (nSPS) is 13.0. The van der Waals surface area contributed by atoms with E-state index >= 15 is 0 Å². The maximum atomic E-state index is 4.75. The van der Waals surface area contributed by atoms with Gasteiger partial charge in [-0.25, -0.2) is 4.98 Å². The Hall–Kier alpha value is -2.40. The van der Waals surface area contributed by atoms with Crippen LogP contribution in [0.2, 0.25) is 0 Å². The molecule has 4 rings (SSSR count). The minimum atomic E-state index is 0.620. The monoisotopic (exact) mass is 394 g/mol. The Morgan fingerprint density at radius 3 is 2.72 bits per heavy atom. The van der Waals surface area contributed by atoms with Crippen LogP contribution in [0.15, 0.2) is 53.0 Å². The molecule has 0 bridgehead atoms. The Morgan fingerprint density at radius 1 is 1.04 bits per heavy atom. The van der Waals surface area contributed by atoms with E-state index in [2.05, 4.69) is 68.4 Å². The molecule has 0 unspecified atom stereocenters. The highest BCUT2D eigenvalue weighted by atomic mass is 79.9. The van der Waals surface area contributed by atoms with Gasteiger partial charge in [0.25, 0.3) is 0 Å². The van der Waals surface area contributed by atoms with Crippen molar-refractivity contribution >= 4 is 39.1 Å². The highest BCUT2D eigenvalue weighted by molar-refractivity contribution is 9.10. The number of nitrogens with zero attached hydrogens (tertiary/aromatic N) is 3. The predicted molar refractivity (Wildman–Crippen MR) is 106 cm³/mol. The van der Waals surface area contributed by atoms with E-state index in [-0.39, 0.29) is 0 Å². The van der Waals surface area contributed by atoms with Crippen LogP contribution in [0.25, 0.3) is 0 Å². The zero-order chi connectivity index (χ0) is 17.4. The summed E-state index contributed by atoms with van der Waals surface area (Å²) >= 11 is 3.57. The quantitative estimate of drug-likeness (QED) is 0.654. The number of anilines is 4. The third kappa shape index (κ3) is 3.24. The molecule has 3 aromatic rings. The summed E-state index contributed by atoms with van der Waals surface area (Å²) < 4.78 is 1.07. The van der Waals surface area contributed by atoms with Crippen LogP contribution >= 0.6 is 15.9 Å². The maximum absolute atomic E-state index is 4.75. The molecule has 0 atom stereocenters. The first-order valence-electron chi connectivity index (χ1n) is 8.34. The number of halogens is 1. The fraction of sp³-hybridized carbons (Fsp3) is 0.200. The van der Waals surface area contributed by atoms with Crippen LogP contribution in [0, 0.1) is 13.8 Å². The van der Waals surface area contributed by atoms with Crippen LogP contribution in [0.4, 0.5) is 23.1 Å². The Labute approximate surface area is 156 Å². The number of fused-ring (bicyclic) bond motifs is 1. The van der Waals surface area contributed by atoms with Gasteiger partial charge in [-0.3, -0.25) is 0 Å². The van der Waals surface area contributed by atoms with Crippen molar-refractivity contribution in [3.63, 3.8) is 0 Å². The molecule has 1 aliphatic heterocycles. The summed E-state index contributed by atoms with van der Waals surface area (Å²) in [6, 6.07) is 16.7. The molecule has 0 spiro atoms. The number of benzene rings is 2. The van der Waals surface area contributed by atoms with Gasteiger partial charge in [0, 0.05) is 34.2 Å². The number of para-hydroxylation sites is 1. The van der Waals surface area contributed by atoms with Crippen LogP contribution in [0.5, 0.6) is 0 Å². The van der Waals surface area contributed by atoms with Crippen LogP contribution in [0.1, 0.15) is 16.8 Å². The molecule has 5 heteroatoms. The molecule has 0 saturated heterocycles. The van der Waals surface area contributed by atoms with Gasteiger partial charge in [0.1, 0.15) is 5.82 Å². The number of aryl methyl sites for hydroxylation is 2. The lowest BCUT2D eigenvalue weighted by Gasteiger charge is -2.19. The molecule has 25 heavy (non-hydrogen) atoms. The summed E-state index contributed by atoms with van der Waals surface area (Å²) in [5.74, 6) is 1.56. The number of hydrogen-bond acceptors (Lipinski definition) is 4. The van der Waals surface area contributed by atoms with Gasteiger partial charge in [-0.15, -0.1) is 0 Å². The van der Waals surface area contributed by atoms with Gasteiger partial charge in [-0.2, -0.15) is 4.98 Å². The molecular weight excluding hydrogens is 376 g/mol. The SMILES string of the molecule is Cc1cc(N2CCc3ccccc32)nc(Nc2ccc(C)c(Br)c2)n1. The van der Waals surface area contributed by atoms with Crippen LogP contribution in [-0.2, 0) is 6.42 Å². The van der Waals surface area contributed by atoms with Crippen molar-refractivity contribution in [3.8, 4) is 0 Å². The average molecular weight is 395 g/mol. The summed E-state index contributed by atoms with van der Waals surface area (Å²) in [5.41, 5.74) is 5.73. The van der Waals surface area contributed by atoms with Gasteiger partial charge in [-0.1, -0.05) is 40.2 Å². The van der Waals surface area contributed by atoms with E-state index in [1.165, 1.54) is 16.8 Å². The first-order chi connectivity index (χ1) is 12.1. The molecule has 0 saturated carbocycles. The molecule has 2 heterocycles. The van der Waals surface area contributed by atoms with E-state index in [9.17, 15) is 0 Å². The molecular formula is C20H19BrN4. The lowest BCUT2D eigenvalue weighted by atomic mass is 10.2. The second-order valence-electron chi connectivity index (χ2n) is 6.31. The summed E-state index contributed by atoms with van der Waals surface area (Å²) in [5, 5.41) is 3.32. The minimum Gasteiger partial charge on any atom is -0.326 e. The van der Waals surface area contributed by atoms with Gasteiger partial charge in [-0.05, 0) is 49.6 Å². The topological polar surface area (TPSA) is 41.1 Å². The van der Waals surface area contributed by atoms with E-state index in [4.69, 9.17) is 4.98 Å². The Morgan fingerprint density at radius 2 is 1.88 bits per heavy atom. The third-order valence-electron chi connectivity index (χ3n) is 4.43. The zero-order valence-corrected chi connectivity index (χ0v) is 15.8. The molecule has 4 nitrogen and oxygen atoms in total. The highest BCUT2D eigenvalue weighted by Gasteiger charge is 2.21. The van der Waals surface area contributed by atoms with Crippen molar-refractivity contribution < 1.29 is 0 Å². The first-order valence-corrected chi connectivity index (χ1v) is 9.14. The Bertz CT molecular complexity index is 939. The van der Waals surface area contributed by atoms with E-state index in [1.807, 2.05) is 25.1 Å². The van der Waals surface area contributed by atoms with Crippen molar-refractivity contribution in [1.82, 2.24) is 9.97 Å². The Kier molecular flexibility index (Phi) is 4.17. The van der Waals surface area contributed by atoms with Crippen molar-refractivity contribution in [3.05, 3.63) is 69.8 Å². The largest absolute Gasteiger partial charge is 0.326 e. The first kappa shape index (κ1) is 16.1. The molecule has 0 fully saturated rings. The van der Waals surface area contributed by atoms with Crippen molar-refractivity contribution in [2.45, 2.75) is 20.3 Å². The summed E-state index contributed by atoms with van der Waals surface area (Å²) in [7, 11) is 0. The van der Waals surface area contributed by atoms with Crippen molar-refractivity contribution in [1.29, 1.82) is 0 Å². The van der Waals surface area contributed by atoms with Gasteiger partial charge in [0.2, 0.25) is 5.95 Å². The number of nitrogens with one attached hydrogen (secondary N) is 1. The average Bonchev–Trinajstić information content (AvgIpc) is 3.02. The van der Waals surface area contributed by atoms with Crippen molar-refractivity contribution in [2.24, 2.45) is 0 Å². The number of rotatable bonds is 3. The maximum Gasteiger partial charge on any atom is 0.229 e. The van der Waals surface area contributed by atoms with Crippen molar-refractivity contribution in [2.75, 3.05) is 16.8 Å². The zero-order valence-electron chi connectivity index (χ0n) is 14.3. The minimum absolute atomic E-state index is 0.620. The third-order valence-corrected chi connectivity index (χ3v) is 5.29. The van der Waals surface area contributed by atoms with Gasteiger partial charge >= 0.3 is 0 Å². The molecule has 0 amide bonds. The fourth-order valence-electron chi connectivity index (χ4n) is 3.12. The molecule has 0 radical (unpaired) electrons. The lowest BCUT2D eigenvalue weighted by Crippen LogP contribution is -2.16. The van der Waals surface area contributed by atoms with E-state index in [0.717, 1.165) is 34.6 Å². The molecule has 0 aliphatic carbocycles. The Balaban J connectivity index is 1.66. The van der Waals surface area contributed by atoms with Crippen LogP contribution in [-0.4, -0.2) is 16.5 Å². The smallest absolute Gasteiger partial charge is 0.229 e. The number of aromatic nitrogens is 2. The van der Waals surface area contributed by atoms with E-state index in [1.54, 1.807) is 0 Å². The molecule has 2 aromatic carbocycles. The molecule has 126 valence electrons. The second kappa shape index (κ2) is 6.48. The standard InChI is InChI=1S/C20H19BrN4/c1-13-7-8-16(12-17(13)21)23-20-22-14(2)11-19(24-20)25-10-9-15-5-3-4-6-18(15)25/h3-8,11-12H,9-10H2,1-2H3,(H,22,23,24). The van der Waals surface area contributed by atoms with Gasteiger partial charge in [0.05, 0.1) is 0 Å². The molecule has 1 aliphatic rings.